The molecule has 1 saturated heterocycles. The van der Waals surface area contributed by atoms with Crippen LogP contribution in [0, 0.1) is 19.3 Å². The monoisotopic (exact) mass is 309 g/mol. The minimum Gasteiger partial charge on any atom is -0.394 e. The fourth-order valence-electron chi connectivity index (χ4n) is 2.30. The van der Waals surface area contributed by atoms with E-state index in [1.165, 1.54) is 13.1 Å². The molecule has 1 aromatic rings. The zero-order chi connectivity index (χ0) is 16.5. The maximum Gasteiger partial charge on any atom is 0.332 e. The number of aliphatic hydroxyl groups is 2. The third-order valence-electron chi connectivity index (χ3n) is 3.39. The van der Waals surface area contributed by atoms with Crippen molar-refractivity contribution in [3.8, 4) is 12.3 Å². The van der Waals surface area contributed by atoms with Crippen molar-refractivity contribution in [2.24, 2.45) is 0 Å². The molecule has 2 heterocycles. The van der Waals surface area contributed by atoms with Gasteiger partial charge in [0, 0.05) is 18.2 Å². The fraction of sp³-hybridized carbons (Fsp3) is 0.462. The van der Waals surface area contributed by atoms with Crippen molar-refractivity contribution >= 4 is 5.91 Å². The number of nitrogens with zero attached hydrogens (tertiary/aromatic N) is 1. The number of aryl methyl sites for hydroxylation is 1. The number of hydrogen-bond donors (Lipinski definition) is 4. The minimum absolute atomic E-state index is 0.194. The first kappa shape index (κ1) is 16.0. The van der Waals surface area contributed by atoms with Gasteiger partial charge in [0.25, 0.3) is 11.5 Å². The maximum atomic E-state index is 12.0. The van der Waals surface area contributed by atoms with Crippen molar-refractivity contribution < 1.29 is 19.7 Å². The lowest BCUT2D eigenvalue weighted by Gasteiger charge is -2.31. The lowest BCUT2D eigenvalue weighted by atomic mass is 10.1. The van der Waals surface area contributed by atoms with Gasteiger partial charge in [0.1, 0.15) is 6.10 Å². The third kappa shape index (κ3) is 2.67. The molecule has 1 fully saturated rings. The lowest BCUT2D eigenvalue weighted by molar-refractivity contribution is -0.153. The average molecular weight is 309 g/mol. The molecular weight excluding hydrogens is 294 g/mol. The van der Waals surface area contributed by atoms with Crippen LogP contribution in [0.4, 0.5) is 0 Å². The molecular formula is C13H15N3O6. The quantitative estimate of drug-likeness (QED) is 0.451. The highest BCUT2D eigenvalue weighted by atomic mass is 16.6. The van der Waals surface area contributed by atoms with Crippen LogP contribution in [0.15, 0.2) is 15.8 Å². The van der Waals surface area contributed by atoms with E-state index < -0.39 is 41.8 Å². The number of carbonyl (C=O) groups excluding carboxylic acids is 1. The van der Waals surface area contributed by atoms with E-state index in [-0.39, 0.29) is 12.0 Å². The first-order valence-corrected chi connectivity index (χ1v) is 6.41. The normalized spacial score (nSPS) is 27.4. The van der Waals surface area contributed by atoms with Crippen LogP contribution in [-0.4, -0.2) is 44.5 Å². The zero-order valence-electron chi connectivity index (χ0n) is 11.7. The second-order valence-electron chi connectivity index (χ2n) is 4.93. The van der Waals surface area contributed by atoms with Crippen molar-refractivity contribution in [1.82, 2.24) is 14.9 Å². The summed E-state index contributed by atoms with van der Waals surface area (Å²) in [6, 6.07) is 0. The van der Waals surface area contributed by atoms with Crippen LogP contribution in [0.25, 0.3) is 0 Å². The average Bonchev–Trinajstić information content (AvgIpc) is 2.79. The second-order valence-corrected chi connectivity index (χ2v) is 4.93. The van der Waals surface area contributed by atoms with Crippen LogP contribution >= 0.6 is 0 Å². The van der Waals surface area contributed by atoms with Gasteiger partial charge >= 0.3 is 5.69 Å². The van der Waals surface area contributed by atoms with Crippen molar-refractivity contribution in [2.45, 2.75) is 31.4 Å². The molecule has 22 heavy (non-hydrogen) atoms. The van der Waals surface area contributed by atoms with Crippen molar-refractivity contribution in [3.05, 3.63) is 32.6 Å². The molecule has 1 amide bonds. The van der Waals surface area contributed by atoms with Crippen LogP contribution in [0.5, 0.6) is 0 Å². The smallest absolute Gasteiger partial charge is 0.332 e. The molecule has 0 saturated carbocycles. The Morgan fingerprint density at radius 2 is 2.36 bits per heavy atom. The van der Waals surface area contributed by atoms with Gasteiger partial charge in [-0.25, -0.2) is 4.79 Å². The van der Waals surface area contributed by atoms with E-state index in [0.717, 1.165) is 4.57 Å². The van der Waals surface area contributed by atoms with Gasteiger partial charge in [-0.1, -0.05) is 0 Å². The molecule has 0 bridgehead atoms. The fourth-order valence-corrected chi connectivity index (χ4v) is 2.30. The molecule has 3 atom stereocenters. The Morgan fingerprint density at radius 1 is 1.68 bits per heavy atom. The summed E-state index contributed by atoms with van der Waals surface area (Å²) in [6.45, 7) is 0.937. The summed E-state index contributed by atoms with van der Waals surface area (Å²) in [5.74, 6) is -0.845. The van der Waals surface area contributed by atoms with Crippen molar-refractivity contribution in [3.63, 3.8) is 0 Å². The summed E-state index contributed by atoms with van der Waals surface area (Å²) in [5.41, 5.74) is -1.24. The number of terminal acetylenes is 1. The zero-order valence-corrected chi connectivity index (χ0v) is 11.7. The summed E-state index contributed by atoms with van der Waals surface area (Å²) in [4.78, 5) is 37.1. The number of aliphatic hydroxyl groups excluding tert-OH is 2. The summed E-state index contributed by atoms with van der Waals surface area (Å²) in [6.07, 6.45) is 3.81. The van der Waals surface area contributed by atoms with Crippen LogP contribution in [0.2, 0.25) is 0 Å². The van der Waals surface area contributed by atoms with Gasteiger partial charge in [0.05, 0.1) is 12.7 Å². The van der Waals surface area contributed by atoms with Crippen LogP contribution in [0.3, 0.4) is 0 Å². The van der Waals surface area contributed by atoms with Crippen LogP contribution < -0.4 is 16.6 Å². The predicted molar refractivity (Wildman–Crippen MR) is 73.6 cm³/mol. The molecule has 2 rings (SSSR count). The molecule has 1 aromatic heterocycles. The number of carbonyl (C=O) groups is 1. The standard InChI is InChI=1S/C13H15N3O6/c1-3-10(19)15-13(4-8(18)9(6-17)22-13)16-5-7(2)11(20)14-12(16)21/h1,5,8-9,17-18H,4,6H2,2H3,(H,15,19)(H,14,20,21)/t8-,9+,13-/m0/s1. The maximum absolute atomic E-state index is 12.0. The number of rotatable bonds is 3. The molecule has 4 N–H and O–H groups in total. The Bertz CT molecular complexity index is 745. The highest BCUT2D eigenvalue weighted by molar-refractivity contribution is 5.93. The molecule has 0 aromatic carbocycles. The Balaban J connectivity index is 2.58. The minimum atomic E-state index is -1.79. The Morgan fingerprint density at radius 3 is 2.91 bits per heavy atom. The SMILES string of the molecule is C#CC(=O)N[C@]1(n2cc(C)c(=O)[nH]c2=O)C[C@H](O)[C@@H](CO)O1. The van der Waals surface area contributed by atoms with Crippen LogP contribution in [-0.2, 0) is 15.4 Å². The molecule has 0 aliphatic carbocycles. The topological polar surface area (TPSA) is 134 Å². The molecule has 9 heteroatoms. The highest BCUT2D eigenvalue weighted by Gasteiger charge is 2.49. The van der Waals surface area contributed by atoms with E-state index in [2.05, 4.69) is 10.3 Å². The number of amides is 1. The second kappa shape index (κ2) is 5.76. The van der Waals surface area contributed by atoms with Gasteiger partial charge in [0.15, 0.2) is 0 Å². The lowest BCUT2D eigenvalue weighted by Crippen LogP contribution is -2.55. The third-order valence-corrected chi connectivity index (χ3v) is 3.39. The van der Waals surface area contributed by atoms with Gasteiger partial charge in [0.2, 0.25) is 5.85 Å². The summed E-state index contributed by atoms with van der Waals surface area (Å²) < 4.78 is 6.39. The number of aromatic amines is 1. The van der Waals surface area contributed by atoms with Gasteiger partial charge in [-0.2, -0.15) is 0 Å². The summed E-state index contributed by atoms with van der Waals surface area (Å²) in [5, 5.41) is 21.4. The van der Waals surface area contributed by atoms with Crippen molar-refractivity contribution in [1.29, 1.82) is 0 Å². The molecule has 118 valence electrons. The summed E-state index contributed by atoms with van der Waals surface area (Å²) >= 11 is 0. The number of H-pyrrole nitrogens is 1. The first-order chi connectivity index (χ1) is 10.3. The Kier molecular flexibility index (Phi) is 4.18. The number of nitrogens with one attached hydrogen (secondary N) is 2. The molecule has 0 radical (unpaired) electrons. The van der Waals surface area contributed by atoms with Gasteiger partial charge in [-0.15, -0.1) is 6.42 Å². The molecule has 0 spiro atoms. The van der Waals surface area contributed by atoms with Crippen molar-refractivity contribution in [2.75, 3.05) is 6.61 Å². The summed E-state index contributed by atoms with van der Waals surface area (Å²) in [7, 11) is 0. The molecule has 0 unspecified atom stereocenters. The van der Waals surface area contributed by atoms with E-state index in [4.69, 9.17) is 11.2 Å². The molecule has 1 aliphatic heterocycles. The predicted octanol–water partition coefficient (Wildman–Crippen LogP) is -2.65. The highest BCUT2D eigenvalue weighted by Crippen LogP contribution is 2.31. The van der Waals surface area contributed by atoms with Gasteiger partial charge in [-0.05, 0) is 12.8 Å². The number of aromatic nitrogens is 2. The van der Waals surface area contributed by atoms with Crippen LogP contribution in [0.1, 0.15) is 12.0 Å². The van der Waals surface area contributed by atoms with E-state index in [1.54, 1.807) is 0 Å². The Labute approximate surface area is 124 Å². The Hall–Kier alpha value is -2.41. The van der Waals surface area contributed by atoms with E-state index in [0.29, 0.717) is 0 Å². The molecule has 1 aliphatic rings. The van der Waals surface area contributed by atoms with E-state index in [9.17, 15) is 24.6 Å². The first-order valence-electron chi connectivity index (χ1n) is 6.41. The van der Waals surface area contributed by atoms with E-state index in [1.807, 2.05) is 5.92 Å². The largest absolute Gasteiger partial charge is 0.394 e. The van der Waals surface area contributed by atoms with Gasteiger partial charge < -0.3 is 14.9 Å². The number of hydrogen-bond acceptors (Lipinski definition) is 6. The van der Waals surface area contributed by atoms with E-state index >= 15 is 0 Å². The molecule has 9 nitrogen and oxygen atoms in total. The number of ether oxygens (including phenoxy) is 1. The van der Waals surface area contributed by atoms with Gasteiger partial charge in [-0.3, -0.25) is 24.5 Å².